The van der Waals surface area contributed by atoms with Crippen molar-refractivity contribution in [2.45, 2.75) is 76.4 Å². The van der Waals surface area contributed by atoms with E-state index >= 15 is 0 Å². The van der Waals surface area contributed by atoms with E-state index in [4.69, 9.17) is 10.5 Å². The summed E-state index contributed by atoms with van der Waals surface area (Å²) in [5, 5.41) is 0. The monoisotopic (exact) mass is 268 g/mol. The minimum Gasteiger partial charge on any atom is -0.378 e. The molecular formula is C16H32N2O. The molecule has 0 aromatic heterocycles. The largest absolute Gasteiger partial charge is 0.378 e. The highest BCUT2D eigenvalue weighted by Crippen LogP contribution is 2.33. The van der Waals surface area contributed by atoms with Gasteiger partial charge in [0.2, 0.25) is 0 Å². The molecule has 1 aliphatic carbocycles. The van der Waals surface area contributed by atoms with Crippen molar-refractivity contribution in [2.75, 3.05) is 26.2 Å². The molecule has 0 radical (unpaired) electrons. The third-order valence-electron chi connectivity index (χ3n) is 5.18. The molecule has 0 aromatic rings. The van der Waals surface area contributed by atoms with Gasteiger partial charge in [-0.15, -0.1) is 0 Å². The van der Waals surface area contributed by atoms with E-state index in [1.165, 1.54) is 70.9 Å². The van der Waals surface area contributed by atoms with Gasteiger partial charge in [-0.2, -0.15) is 0 Å². The Morgan fingerprint density at radius 1 is 1.05 bits per heavy atom. The Kier molecular flexibility index (Phi) is 6.11. The van der Waals surface area contributed by atoms with Gasteiger partial charge in [-0.1, -0.05) is 32.1 Å². The van der Waals surface area contributed by atoms with E-state index in [-0.39, 0.29) is 0 Å². The topological polar surface area (TPSA) is 38.5 Å². The number of ether oxygens (including phenoxy) is 1. The van der Waals surface area contributed by atoms with Gasteiger partial charge in [0.15, 0.2) is 0 Å². The SMILES string of the molecule is CCOC1CCN(C2(CN)CCCCCCC2)CC1. The first-order valence-corrected chi connectivity index (χ1v) is 8.37. The van der Waals surface area contributed by atoms with Crippen molar-refractivity contribution in [3.05, 3.63) is 0 Å². The lowest BCUT2D eigenvalue weighted by atomic mass is 9.81. The quantitative estimate of drug-likeness (QED) is 0.852. The van der Waals surface area contributed by atoms with Gasteiger partial charge >= 0.3 is 0 Å². The molecule has 1 saturated heterocycles. The van der Waals surface area contributed by atoms with E-state index in [2.05, 4.69) is 11.8 Å². The molecule has 2 rings (SSSR count). The molecule has 0 amide bonds. The van der Waals surface area contributed by atoms with Crippen LogP contribution in [-0.2, 0) is 4.74 Å². The third-order valence-corrected chi connectivity index (χ3v) is 5.18. The Hall–Kier alpha value is -0.120. The van der Waals surface area contributed by atoms with Crippen LogP contribution in [0.5, 0.6) is 0 Å². The molecule has 19 heavy (non-hydrogen) atoms. The van der Waals surface area contributed by atoms with Gasteiger partial charge in [-0.3, -0.25) is 4.90 Å². The normalized spacial score (nSPS) is 26.8. The third kappa shape index (κ3) is 3.93. The van der Waals surface area contributed by atoms with Gasteiger partial charge in [-0.05, 0) is 32.6 Å². The van der Waals surface area contributed by atoms with Crippen molar-refractivity contribution in [3.8, 4) is 0 Å². The molecule has 1 saturated carbocycles. The average molecular weight is 268 g/mol. The molecule has 0 unspecified atom stereocenters. The highest BCUT2D eigenvalue weighted by atomic mass is 16.5. The summed E-state index contributed by atoms with van der Waals surface area (Å²) in [5.41, 5.74) is 6.51. The zero-order valence-electron chi connectivity index (χ0n) is 12.7. The average Bonchev–Trinajstić information content (AvgIpc) is 2.41. The summed E-state index contributed by atoms with van der Waals surface area (Å²) in [5.74, 6) is 0. The first kappa shape index (κ1) is 15.3. The Balaban J connectivity index is 1.92. The van der Waals surface area contributed by atoms with Crippen molar-refractivity contribution in [1.29, 1.82) is 0 Å². The molecule has 2 aliphatic rings. The number of piperidine rings is 1. The van der Waals surface area contributed by atoms with Gasteiger partial charge in [0.1, 0.15) is 0 Å². The van der Waals surface area contributed by atoms with Crippen molar-refractivity contribution >= 4 is 0 Å². The minimum atomic E-state index is 0.303. The summed E-state index contributed by atoms with van der Waals surface area (Å²) in [4.78, 5) is 2.70. The van der Waals surface area contributed by atoms with Gasteiger partial charge in [-0.25, -0.2) is 0 Å². The zero-order valence-corrected chi connectivity index (χ0v) is 12.7. The number of hydrogen-bond acceptors (Lipinski definition) is 3. The van der Waals surface area contributed by atoms with E-state index in [1.54, 1.807) is 0 Å². The van der Waals surface area contributed by atoms with Crippen molar-refractivity contribution in [2.24, 2.45) is 5.73 Å². The Bertz CT molecular complexity index is 241. The Morgan fingerprint density at radius 2 is 1.63 bits per heavy atom. The lowest BCUT2D eigenvalue weighted by molar-refractivity contribution is -0.0254. The number of nitrogens with two attached hydrogens (primary N) is 1. The molecule has 3 heteroatoms. The van der Waals surface area contributed by atoms with Crippen LogP contribution in [0.3, 0.4) is 0 Å². The fourth-order valence-corrected chi connectivity index (χ4v) is 3.95. The zero-order chi connectivity index (χ0) is 13.6. The highest BCUT2D eigenvalue weighted by molar-refractivity contribution is 4.94. The van der Waals surface area contributed by atoms with Crippen molar-refractivity contribution < 1.29 is 4.74 Å². The highest BCUT2D eigenvalue weighted by Gasteiger charge is 2.37. The van der Waals surface area contributed by atoms with Crippen LogP contribution in [0.2, 0.25) is 0 Å². The van der Waals surface area contributed by atoms with Crippen molar-refractivity contribution in [3.63, 3.8) is 0 Å². The first-order valence-electron chi connectivity index (χ1n) is 8.37. The fourth-order valence-electron chi connectivity index (χ4n) is 3.95. The smallest absolute Gasteiger partial charge is 0.0599 e. The second-order valence-electron chi connectivity index (χ2n) is 6.34. The molecule has 1 aliphatic heterocycles. The van der Waals surface area contributed by atoms with Gasteiger partial charge < -0.3 is 10.5 Å². The van der Waals surface area contributed by atoms with Crippen LogP contribution >= 0.6 is 0 Å². The van der Waals surface area contributed by atoms with E-state index in [9.17, 15) is 0 Å². The standard InChI is InChI=1S/C16H32N2O/c1-2-19-15-8-12-18(13-9-15)16(14-17)10-6-4-3-5-7-11-16/h15H,2-14,17H2,1H3. The van der Waals surface area contributed by atoms with Crippen LogP contribution in [0.25, 0.3) is 0 Å². The van der Waals surface area contributed by atoms with Gasteiger partial charge in [0.05, 0.1) is 6.10 Å². The Morgan fingerprint density at radius 3 is 2.16 bits per heavy atom. The lowest BCUT2D eigenvalue weighted by Gasteiger charge is -2.47. The van der Waals surface area contributed by atoms with Crippen LogP contribution in [0, 0.1) is 0 Å². The van der Waals surface area contributed by atoms with Crippen LogP contribution in [0.15, 0.2) is 0 Å². The summed E-state index contributed by atoms with van der Waals surface area (Å²) < 4.78 is 5.77. The predicted molar refractivity (Wildman–Crippen MR) is 80.3 cm³/mol. The van der Waals surface area contributed by atoms with Crippen LogP contribution in [0.4, 0.5) is 0 Å². The molecule has 0 bridgehead atoms. The second-order valence-corrected chi connectivity index (χ2v) is 6.34. The number of rotatable bonds is 4. The molecule has 3 nitrogen and oxygen atoms in total. The molecule has 2 N–H and O–H groups in total. The summed E-state index contributed by atoms with van der Waals surface area (Å²) in [6.07, 6.45) is 12.4. The molecule has 2 fully saturated rings. The molecular weight excluding hydrogens is 236 g/mol. The van der Waals surface area contributed by atoms with Crippen LogP contribution in [0.1, 0.15) is 64.7 Å². The molecule has 0 aromatic carbocycles. The molecule has 1 heterocycles. The summed E-state index contributed by atoms with van der Waals surface area (Å²) in [7, 11) is 0. The minimum absolute atomic E-state index is 0.303. The number of likely N-dealkylation sites (tertiary alicyclic amines) is 1. The van der Waals surface area contributed by atoms with Gasteiger partial charge in [0.25, 0.3) is 0 Å². The molecule has 0 atom stereocenters. The first-order chi connectivity index (χ1) is 9.30. The number of hydrogen-bond donors (Lipinski definition) is 1. The maximum Gasteiger partial charge on any atom is 0.0599 e. The number of nitrogens with zero attached hydrogens (tertiary/aromatic N) is 1. The van der Waals surface area contributed by atoms with Crippen LogP contribution < -0.4 is 5.73 Å². The summed E-state index contributed by atoms with van der Waals surface area (Å²) in [6, 6.07) is 0. The fraction of sp³-hybridized carbons (Fsp3) is 1.00. The lowest BCUT2D eigenvalue weighted by Crippen LogP contribution is -2.57. The molecule has 112 valence electrons. The van der Waals surface area contributed by atoms with Crippen LogP contribution in [-0.4, -0.2) is 42.8 Å². The van der Waals surface area contributed by atoms with Gasteiger partial charge in [0, 0.05) is 31.8 Å². The van der Waals surface area contributed by atoms with Crippen molar-refractivity contribution in [1.82, 2.24) is 4.90 Å². The second kappa shape index (κ2) is 7.61. The van der Waals surface area contributed by atoms with E-state index < -0.39 is 0 Å². The van der Waals surface area contributed by atoms with E-state index in [0.717, 1.165) is 13.2 Å². The Labute approximate surface area is 118 Å². The maximum atomic E-state index is 6.21. The van der Waals surface area contributed by atoms with E-state index in [0.29, 0.717) is 11.6 Å². The summed E-state index contributed by atoms with van der Waals surface area (Å²) >= 11 is 0. The summed E-state index contributed by atoms with van der Waals surface area (Å²) in [6.45, 7) is 6.16. The maximum absolute atomic E-state index is 6.21. The van der Waals surface area contributed by atoms with E-state index in [1.807, 2.05) is 0 Å². The predicted octanol–water partition coefficient (Wildman–Crippen LogP) is 2.93. The molecule has 0 spiro atoms.